The first-order chi connectivity index (χ1) is 17.2. The van der Waals surface area contributed by atoms with Crippen LogP contribution in [0.25, 0.3) is 0 Å². The number of carbonyl (C=O) groups excluding carboxylic acids is 2. The quantitative estimate of drug-likeness (QED) is 0.0841. The second-order valence-electron chi connectivity index (χ2n) is 6.98. The fourth-order valence-electron chi connectivity index (χ4n) is 3.23. The van der Waals surface area contributed by atoms with Crippen molar-refractivity contribution in [2.75, 3.05) is 23.8 Å². The van der Waals surface area contributed by atoms with Crippen molar-refractivity contribution < 1.29 is 24.7 Å². The number of nitrogens with one attached hydrogen (secondary N) is 1. The van der Waals surface area contributed by atoms with Crippen LogP contribution in [-0.4, -0.2) is 82.5 Å². The van der Waals surface area contributed by atoms with Gasteiger partial charge in [-0.2, -0.15) is 16.1 Å². The number of anilines is 1. The number of nitrogens with zero attached hydrogens (tertiary/aromatic N) is 5. The number of thioether (sulfide) groups is 3. The Hall–Kier alpha value is -2.09. The van der Waals surface area contributed by atoms with Gasteiger partial charge in [0, 0.05) is 23.0 Å². The number of rotatable bonds is 10. The molecule has 2 unspecified atom stereocenters. The molecule has 13 nitrogen and oxygen atoms in total. The zero-order chi connectivity index (χ0) is 26.0. The highest BCUT2D eigenvalue weighted by Gasteiger charge is 2.54. The molecule has 0 saturated carbocycles. The number of fused-ring (bicyclic) bond motifs is 1. The van der Waals surface area contributed by atoms with Gasteiger partial charge in [0.15, 0.2) is 21.0 Å². The molecule has 2 atom stereocenters. The van der Waals surface area contributed by atoms with Crippen molar-refractivity contribution in [1.82, 2.24) is 24.6 Å². The molecule has 1 fully saturated rings. The Morgan fingerprint density at radius 1 is 1.36 bits per heavy atom. The lowest BCUT2D eigenvalue weighted by atomic mass is 10.0. The largest absolute Gasteiger partial charge is 0.477 e. The molecule has 36 heavy (non-hydrogen) atoms. The molecule has 1 saturated heterocycles. The molecule has 0 bridgehead atoms. The van der Waals surface area contributed by atoms with Gasteiger partial charge in [0.2, 0.25) is 0 Å². The van der Waals surface area contributed by atoms with E-state index in [9.17, 15) is 24.7 Å². The van der Waals surface area contributed by atoms with Gasteiger partial charge in [0.25, 0.3) is 11.8 Å². The van der Waals surface area contributed by atoms with Gasteiger partial charge in [-0.15, -0.1) is 11.8 Å². The number of carboxylic acids is 1. The number of β-lactam (4-membered cyclic amide) rings is 1. The van der Waals surface area contributed by atoms with Crippen LogP contribution in [0.4, 0.5) is 5.13 Å². The van der Waals surface area contributed by atoms with E-state index < -0.39 is 34.9 Å². The number of amides is 2. The number of carboxylic acid groups (broad SMARTS) is 1. The minimum absolute atomic E-state index is 0.0413. The first-order valence-corrected chi connectivity index (χ1v) is 14.9. The highest BCUT2D eigenvalue weighted by atomic mass is 35.5. The van der Waals surface area contributed by atoms with E-state index in [4.69, 9.17) is 23.1 Å². The van der Waals surface area contributed by atoms with E-state index in [1.165, 1.54) is 11.8 Å². The average Bonchev–Trinajstić information content (AvgIpc) is 3.42. The van der Waals surface area contributed by atoms with Crippen molar-refractivity contribution in [3.63, 3.8) is 0 Å². The lowest BCUT2D eigenvalue weighted by Crippen LogP contribution is -2.71. The third kappa shape index (κ3) is 5.43. The lowest BCUT2D eigenvalue weighted by Gasteiger charge is -2.49. The molecular weight excluding hydrogens is 592 g/mol. The Bertz CT molecular complexity index is 1270. The molecule has 0 spiro atoms. The summed E-state index contributed by atoms with van der Waals surface area (Å²) in [7, 11) is 0. The summed E-state index contributed by atoms with van der Waals surface area (Å²) in [6.07, 6.45) is 0. The predicted molar refractivity (Wildman–Crippen MR) is 141 cm³/mol. The van der Waals surface area contributed by atoms with E-state index in [1.54, 1.807) is 11.8 Å². The number of halogens is 1. The van der Waals surface area contributed by atoms with Crippen molar-refractivity contribution in [2.45, 2.75) is 21.5 Å². The summed E-state index contributed by atoms with van der Waals surface area (Å²) < 4.78 is 4.88. The van der Waals surface area contributed by atoms with E-state index in [2.05, 4.69) is 24.8 Å². The first kappa shape index (κ1) is 27.0. The number of nitrogen functional groups attached to an aromatic ring is 1. The van der Waals surface area contributed by atoms with Crippen LogP contribution in [0.3, 0.4) is 0 Å². The SMILES string of the molecule is NCCSCc1nsc(SC2=C(C(=O)O)N3C(=O)C(NC(=O)/C(=N\O)c4nc(N)sc4Cl)C3SC2)n1. The summed E-state index contributed by atoms with van der Waals surface area (Å²) in [5.74, 6) is -0.512. The first-order valence-electron chi connectivity index (χ1n) is 9.89. The summed E-state index contributed by atoms with van der Waals surface area (Å²) >= 11 is 12.1. The van der Waals surface area contributed by atoms with Crippen LogP contribution < -0.4 is 16.8 Å². The Kier molecular flexibility index (Phi) is 8.63. The minimum Gasteiger partial charge on any atom is -0.477 e. The second-order valence-corrected chi connectivity index (χ2v) is 12.9. The van der Waals surface area contributed by atoms with E-state index in [1.807, 2.05) is 0 Å². The van der Waals surface area contributed by atoms with Crippen LogP contribution in [-0.2, 0) is 20.1 Å². The van der Waals surface area contributed by atoms with Crippen LogP contribution >= 0.6 is 69.8 Å². The number of thiazole rings is 1. The van der Waals surface area contributed by atoms with Crippen LogP contribution in [0.2, 0.25) is 4.34 Å². The number of oxime groups is 1. The maximum atomic E-state index is 12.9. The maximum Gasteiger partial charge on any atom is 0.353 e. The van der Waals surface area contributed by atoms with Gasteiger partial charge in [0.05, 0.1) is 5.75 Å². The molecule has 2 amide bonds. The molecule has 2 aromatic rings. The summed E-state index contributed by atoms with van der Waals surface area (Å²) in [6, 6.07) is -1.04. The van der Waals surface area contributed by atoms with E-state index >= 15 is 0 Å². The van der Waals surface area contributed by atoms with E-state index in [-0.39, 0.29) is 26.6 Å². The standard InChI is InChI=1S/C17H17ClN8O5S5/c18-11-7(23-16(20)35-11)8(24-31)12(27)22-9-13(28)26-10(15(29)30)5(3-33-14(9)26)34-17-21-6(25-36-17)4-32-2-1-19/h9,14,31H,1-4,19H2,(H2,20,23)(H,22,27)(H,29,30)/b24-8-. The van der Waals surface area contributed by atoms with Crippen molar-refractivity contribution in [2.24, 2.45) is 10.9 Å². The minimum atomic E-state index is -1.27. The number of aromatic nitrogens is 3. The van der Waals surface area contributed by atoms with Crippen molar-refractivity contribution in [1.29, 1.82) is 0 Å². The summed E-state index contributed by atoms with van der Waals surface area (Å²) in [6.45, 7) is 0.552. The van der Waals surface area contributed by atoms with Crippen LogP contribution in [0, 0.1) is 0 Å². The highest BCUT2D eigenvalue weighted by molar-refractivity contribution is 8.07. The molecule has 4 rings (SSSR count). The summed E-state index contributed by atoms with van der Waals surface area (Å²) in [5, 5.41) is 24.0. The molecule has 192 valence electrons. The van der Waals surface area contributed by atoms with Crippen LogP contribution in [0.5, 0.6) is 0 Å². The third-order valence-electron chi connectivity index (χ3n) is 4.72. The van der Waals surface area contributed by atoms with Crippen molar-refractivity contribution in [3.8, 4) is 0 Å². The normalized spacial score (nSPS) is 19.8. The zero-order valence-corrected chi connectivity index (χ0v) is 22.8. The van der Waals surface area contributed by atoms with Gasteiger partial charge in [-0.1, -0.05) is 39.9 Å². The zero-order valence-electron chi connectivity index (χ0n) is 17.9. The number of carbonyl (C=O) groups is 3. The number of aliphatic carboxylic acids is 1. The predicted octanol–water partition coefficient (Wildman–Crippen LogP) is 1.09. The fourth-order valence-corrected chi connectivity index (χ4v) is 8.14. The Morgan fingerprint density at radius 2 is 2.14 bits per heavy atom. The van der Waals surface area contributed by atoms with Gasteiger partial charge in [-0.25, -0.2) is 14.8 Å². The Labute approximate surface area is 229 Å². The maximum absolute atomic E-state index is 12.9. The molecule has 0 aromatic carbocycles. The molecule has 2 aliphatic heterocycles. The topological polar surface area (TPSA) is 210 Å². The summed E-state index contributed by atoms with van der Waals surface area (Å²) in [4.78, 5) is 47.6. The smallest absolute Gasteiger partial charge is 0.353 e. The van der Waals surface area contributed by atoms with E-state index in [0.29, 0.717) is 27.4 Å². The Morgan fingerprint density at radius 3 is 2.78 bits per heavy atom. The molecule has 2 aromatic heterocycles. The summed E-state index contributed by atoms with van der Waals surface area (Å²) in [5.41, 5.74) is 10.3. The molecule has 2 aliphatic rings. The highest BCUT2D eigenvalue weighted by Crippen LogP contribution is 2.45. The fraction of sp³-hybridized carbons (Fsp3) is 0.353. The molecular formula is C17H17ClN8O5S5. The van der Waals surface area contributed by atoms with Gasteiger partial charge >= 0.3 is 5.97 Å². The van der Waals surface area contributed by atoms with Crippen molar-refractivity contribution >= 4 is 98.4 Å². The van der Waals surface area contributed by atoms with Crippen LogP contribution in [0.15, 0.2) is 20.1 Å². The number of nitrogens with two attached hydrogens (primary N) is 2. The number of hydrogen-bond acceptors (Lipinski definition) is 15. The average molecular weight is 609 g/mol. The lowest BCUT2D eigenvalue weighted by molar-refractivity contribution is -0.150. The molecule has 4 heterocycles. The van der Waals surface area contributed by atoms with Gasteiger partial charge in [-0.05, 0) is 11.5 Å². The molecule has 0 aliphatic carbocycles. The van der Waals surface area contributed by atoms with Gasteiger partial charge in [0.1, 0.15) is 27.1 Å². The van der Waals surface area contributed by atoms with E-state index in [0.717, 1.165) is 45.3 Å². The molecule has 0 radical (unpaired) electrons. The number of hydrogen-bond donors (Lipinski definition) is 5. The Balaban J connectivity index is 1.47. The monoisotopic (exact) mass is 608 g/mol. The molecule has 19 heteroatoms. The third-order valence-corrected chi connectivity index (χ3v) is 10.1. The second kappa shape index (κ2) is 11.5. The van der Waals surface area contributed by atoms with Gasteiger partial charge in [-0.3, -0.25) is 14.5 Å². The van der Waals surface area contributed by atoms with Gasteiger partial charge < -0.3 is 27.1 Å². The molecule has 7 N–H and O–H groups in total. The van der Waals surface area contributed by atoms with Crippen LogP contribution in [0.1, 0.15) is 11.5 Å². The van der Waals surface area contributed by atoms with Crippen molar-refractivity contribution in [3.05, 3.63) is 26.5 Å².